The van der Waals surface area contributed by atoms with Gasteiger partial charge in [-0.1, -0.05) is 29.8 Å². The summed E-state index contributed by atoms with van der Waals surface area (Å²) in [6, 6.07) is 11.3. The van der Waals surface area contributed by atoms with Gasteiger partial charge in [-0.2, -0.15) is 9.78 Å². The molecule has 144 valence electrons. The van der Waals surface area contributed by atoms with Crippen molar-refractivity contribution in [2.45, 2.75) is 13.8 Å². The van der Waals surface area contributed by atoms with Crippen LogP contribution < -0.4 is 15.4 Å². The first-order chi connectivity index (χ1) is 13.5. The fourth-order valence-electron chi connectivity index (χ4n) is 3.43. The highest BCUT2D eigenvalue weighted by molar-refractivity contribution is 6.33. The van der Waals surface area contributed by atoms with Gasteiger partial charge in [0.1, 0.15) is 16.7 Å². The average Bonchev–Trinajstić information content (AvgIpc) is 2.70. The second kappa shape index (κ2) is 7.59. The molecule has 0 saturated carbocycles. The summed E-state index contributed by atoms with van der Waals surface area (Å²) in [6.07, 6.45) is 1.67. The SMILES string of the molecule is Cc1cc(N2CCN(c3cnn(-c4ccccc4)c(=O)c3Cl)CC2)nc(C)n1. The van der Waals surface area contributed by atoms with Crippen molar-refractivity contribution in [1.82, 2.24) is 19.7 Å². The van der Waals surface area contributed by atoms with E-state index in [1.807, 2.05) is 50.2 Å². The largest absolute Gasteiger partial charge is 0.365 e. The zero-order chi connectivity index (χ0) is 19.7. The Labute approximate surface area is 168 Å². The summed E-state index contributed by atoms with van der Waals surface area (Å²) in [5.41, 5.74) is 2.02. The summed E-state index contributed by atoms with van der Waals surface area (Å²) in [7, 11) is 0. The van der Waals surface area contributed by atoms with Crippen LogP contribution in [-0.4, -0.2) is 45.9 Å². The highest BCUT2D eigenvalue weighted by Crippen LogP contribution is 2.24. The molecule has 1 aliphatic rings. The van der Waals surface area contributed by atoms with E-state index in [1.54, 1.807) is 6.20 Å². The smallest absolute Gasteiger partial charge is 0.292 e. The molecule has 1 aromatic carbocycles. The first kappa shape index (κ1) is 18.4. The van der Waals surface area contributed by atoms with Gasteiger partial charge in [-0.25, -0.2) is 9.97 Å². The highest BCUT2D eigenvalue weighted by atomic mass is 35.5. The maximum absolute atomic E-state index is 12.7. The Morgan fingerprint density at radius 2 is 1.64 bits per heavy atom. The minimum absolute atomic E-state index is 0.195. The Balaban J connectivity index is 1.53. The molecule has 3 aromatic rings. The molecule has 1 fully saturated rings. The number of piperazine rings is 1. The number of para-hydroxylation sites is 1. The van der Waals surface area contributed by atoms with E-state index in [1.165, 1.54) is 4.68 Å². The fraction of sp³-hybridized carbons (Fsp3) is 0.300. The summed E-state index contributed by atoms with van der Waals surface area (Å²) >= 11 is 6.43. The lowest BCUT2D eigenvalue weighted by atomic mass is 10.2. The standard InChI is InChI=1S/C20H21ClN6O/c1-14-12-18(24-15(2)23-14)26-10-8-25(9-11-26)17-13-22-27(20(28)19(17)21)16-6-4-3-5-7-16/h3-7,12-13H,8-11H2,1-2H3. The first-order valence-corrected chi connectivity index (χ1v) is 9.56. The molecule has 7 nitrogen and oxygen atoms in total. The summed E-state index contributed by atoms with van der Waals surface area (Å²) in [5, 5.41) is 4.52. The van der Waals surface area contributed by atoms with Gasteiger partial charge in [0, 0.05) is 37.9 Å². The molecule has 2 aromatic heterocycles. The topological polar surface area (TPSA) is 67.2 Å². The average molecular weight is 397 g/mol. The van der Waals surface area contributed by atoms with Crippen molar-refractivity contribution in [3.05, 3.63) is 69.5 Å². The number of aromatic nitrogens is 4. The molecule has 4 rings (SSSR count). The molecule has 1 saturated heterocycles. The van der Waals surface area contributed by atoms with Crippen molar-refractivity contribution < 1.29 is 0 Å². The number of aryl methyl sites for hydroxylation is 2. The van der Waals surface area contributed by atoms with Crippen LogP contribution in [0.2, 0.25) is 5.02 Å². The molecule has 0 spiro atoms. The minimum Gasteiger partial charge on any atom is -0.365 e. The lowest BCUT2D eigenvalue weighted by Crippen LogP contribution is -2.47. The number of hydrogen-bond acceptors (Lipinski definition) is 6. The third kappa shape index (κ3) is 3.57. The molecule has 0 bridgehead atoms. The van der Waals surface area contributed by atoms with Gasteiger partial charge in [-0.3, -0.25) is 4.79 Å². The summed E-state index contributed by atoms with van der Waals surface area (Å²) < 4.78 is 1.33. The lowest BCUT2D eigenvalue weighted by molar-refractivity contribution is 0.641. The minimum atomic E-state index is -0.310. The van der Waals surface area contributed by atoms with Crippen LogP contribution in [-0.2, 0) is 0 Å². The molecular formula is C20H21ClN6O. The molecule has 0 atom stereocenters. The fourth-order valence-corrected chi connectivity index (χ4v) is 3.68. The van der Waals surface area contributed by atoms with Crippen LogP contribution in [0.3, 0.4) is 0 Å². The van der Waals surface area contributed by atoms with Crippen molar-refractivity contribution >= 4 is 23.1 Å². The van der Waals surface area contributed by atoms with Crippen molar-refractivity contribution in [3.8, 4) is 5.69 Å². The maximum atomic E-state index is 12.7. The maximum Gasteiger partial charge on any atom is 0.292 e. The second-order valence-corrected chi connectivity index (χ2v) is 7.16. The monoisotopic (exact) mass is 396 g/mol. The van der Waals surface area contributed by atoms with E-state index in [0.717, 1.165) is 43.5 Å². The lowest BCUT2D eigenvalue weighted by Gasteiger charge is -2.36. The third-order valence-corrected chi connectivity index (χ3v) is 5.15. The van der Waals surface area contributed by atoms with E-state index in [9.17, 15) is 4.79 Å². The Morgan fingerprint density at radius 3 is 2.32 bits per heavy atom. The van der Waals surface area contributed by atoms with Crippen LogP contribution in [0, 0.1) is 13.8 Å². The molecule has 1 aliphatic heterocycles. The van der Waals surface area contributed by atoms with Gasteiger partial charge in [0.15, 0.2) is 0 Å². The predicted octanol–water partition coefficient (Wildman–Crippen LogP) is 2.62. The van der Waals surface area contributed by atoms with Gasteiger partial charge in [0.2, 0.25) is 0 Å². The molecule has 0 unspecified atom stereocenters. The van der Waals surface area contributed by atoms with Crippen LogP contribution in [0.5, 0.6) is 0 Å². The van der Waals surface area contributed by atoms with E-state index in [0.29, 0.717) is 11.4 Å². The molecule has 0 amide bonds. The number of anilines is 2. The van der Waals surface area contributed by atoms with Gasteiger partial charge >= 0.3 is 0 Å². The molecular weight excluding hydrogens is 376 g/mol. The highest BCUT2D eigenvalue weighted by Gasteiger charge is 2.22. The van der Waals surface area contributed by atoms with Crippen molar-refractivity contribution in [1.29, 1.82) is 0 Å². The molecule has 28 heavy (non-hydrogen) atoms. The Morgan fingerprint density at radius 1 is 0.964 bits per heavy atom. The van der Waals surface area contributed by atoms with E-state index in [4.69, 9.17) is 11.6 Å². The molecule has 8 heteroatoms. The number of halogens is 1. The Hall–Kier alpha value is -2.93. The van der Waals surface area contributed by atoms with Crippen LogP contribution in [0.1, 0.15) is 11.5 Å². The number of hydrogen-bond donors (Lipinski definition) is 0. The van der Waals surface area contributed by atoms with E-state index < -0.39 is 0 Å². The van der Waals surface area contributed by atoms with E-state index in [2.05, 4.69) is 24.9 Å². The number of nitrogens with zero attached hydrogens (tertiary/aromatic N) is 6. The van der Waals surface area contributed by atoms with Gasteiger partial charge in [0.25, 0.3) is 5.56 Å². The van der Waals surface area contributed by atoms with Crippen LogP contribution in [0.4, 0.5) is 11.5 Å². The normalized spacial score (nSPS) is 14.4. The van der Waals surface area contributed by atoms with E-state index in [-0.39, 0.29) is 10.6 Å². The third-order valence-electron chi connectivity index (χ3n) is 4.80. The summed E-state index contributed by atoms with van der Waals surface area (Å²) in [6.45, 7) is 6.92. The van der Waals surface area contributed by atoms with Crippen molar-refractivity contribution in [3.63, 3.8) is 0 Å². The van der Waals surface area contributed by atoms with Crippen molar-refractivity contribution in [2.24, 2.45) is 0 Å². The van der Waals surface area contributed by atoms with E-state index >= 15 is 0 Å². The molecule has 0 N–H and O–H groups in total. The Kier molecular flexibility index (Phi) is 5.00. The van der Waals surface area contributed by atoms with Gasteiger partial charge < -0.3 is 9.80 Å². The zero-order valence-corrected chi connectivity index (χ0v) is 16.6. The van der Waals surface area contributed by atoms with Crippen LogP contribution in [0.25, 0.3) is 5.69 Å². The van der Waals surface area contributed by atoms with Crippen LogP contribution >= 0.6 is 11.6 Å². The van der Waals surface area contributed by atoms with Gasteiger partial charge in [-0.05, 0) is 26.0 Å². The predicted molar refractivity (Wildman–Crippen MR) is 111 cm³/mol. The number of rotatable bonds is 3. The zero-order valence-electron chi connectivity index (χ0n) is 15.8. The Bertz CT molecular complexity index is 1020. The molecule has 0 aliphatic carbocycles. The quantitative estimate of drug-likeness (QED) is 0.678. The number of benzene rings is 1. The summed E-state index contributed by atoms with van der Waals surface area (Å²) in [4.78, 5) is 25.9. The van der Waals surface area contributed by atoms with Gasteiger partial charge in [0.05, 0.1) is 17.6 Å². The molecule has 0 radical (unpaired) electrons. The second-order valence-electron chi connectivity index (χ2n) is 6.79. The van der Waals surface area contributed by atoms with Gasteiger partial charge in [-0.15, -0.1) is 0 Å². The molecule has 3 heterocycles. The van der Waals surface area contributed by atoms with Crippen LogP contribution in [0.15, 0.2) is 47.4 Å². The van der Waals surface area contributed by atoms with Crippen molar-refractivity contribution in [2.75, 3.05) is 36.0 Å². The summed E-state index contributed by atoms with van der Waals surface area (Å²) in [5.74, 6) is 1.71. The first-order valence-electron chi connectivity index (χ1n) is 9.18.